The molecule has 0 fully saturated rings. The van der Waals surface area contributed by atoms with Crippen LogP contribution in [-0.2, 0) is 12.1 Å². The molecule has 3 nitrogen and oxygen atoms in total. The predicted octanol–water partition coefficient (Wildman–Crippen LogP) is 5.59. The maximum Gasteiger partial charge on any atom is 0.119 e. The van der Waals surface area contributed by atoms with Crippen LogP contribution in [0.1, 0.15) is 38.3 Å². The van der Waals surface area contributed by atoms with Gasteiger partial charge in [-0.15, -0.1) is 11.8 Å². The molecule has 2 unspecified atom stereocenters. The molecule has 0 spiro atoms. The smallest absolute Gasteiger partial charge is 0.119 e. The summed E-state index contributed by atoms with van der Waals surface area (Å²) in [6.07, 6.45) is 6.73. The van der Waals surface area contributed by atoms with Gasteiger partial charge in [0.15, 0.2) is 0 Å². The first-order valence-corrected chi connectivity index (χ1v) is 11.0. The summed E-state index contributed by atoms with van der Waals surface area (Å²) in [6.45, 7) is 7.30. The van der Waals surface area contributed by atoms with Crippen molar-refractivity contribution in [2.75, 3.05) is 5.75 Å². The summed E-state index contributed by atoms with van der Waals surface area (Å²) < 4.78 is 2.02. The topological polar surface area (TPSA) is 38.0 Å². The molecule has 0 saturated heterocycles. The lowest BCUT2D eigenvalue weighted by Gasteiger charge is -2.35. The van der Waals surface area contributed by atoms with E-state index < -0.39 is 5.60 Å². The molecule has 0 amide bonds. The third kappa shape index (κ3) is 4.86. The summed E-state index contributed by atoms with van der Waals surface area (Å²) in [4.78, 5) is 5.39. The highest BCUT2D eigenvalue weighted by molar-refractivity contribution is 7.99. The summed E-state index contributed by atoms with van der Waals surface area (Å²) >= 11 is 1.88. The van der Waals surface area contributed by atoms with Crippen molar-refractivity contribution in [1.82, 2.24) is 9.55 Å². The Labute approximate surface area is 172 Å². The summed E-state index contributed by atoms with van der Waals surface area (Å²) in [5, 5.41) is 11.9. The van der Waals surface area contributed by atoms with Crippen LogP contribution in [0.4, 0.5) is 0 Å². The van der Waals surface area contributed by atoms with Crippen molar-refractivity contribution >= 4 is 11.8 Å². The Morgan fingerprint density at radius 2 is 1.68 bits per heavy atom. The molecule has 0 aliphatic carbocycles. The van der Waals surface area contributed by atoms with Crippen molar-refractivity contribution in [1.29, 1.82) is 0 Å². The van der Waals surface area contributed by atoms with Crippen molar-refractivity contribution in [3.05, 3.63) is 84.4 Å². The molecule has 0 aliphatic heterocycles. The second-order valence-corrected chi connectivity index (χ2v) is 9.02. The zero-order chi connectivity index (χ0) is 20.0. The van der Waals surface area contributed by atoms with Crippen LogP contribution in [0.25, 0.3) is 0 Å². The number of nitrogens with zero attached hydrogens (tertiary/aromatic N) is 2. The lowest BCUT2D eigenvalue weighted by Crippen LogP contribution is -2.37. The molecular weight excluding hydrogens is 364 g/mol. The second-order valence-electron chi connectivity index (χ2n) is 7.85. The Bertz CT molecular complexity index is 831. The molecule has 1 heterocycles. The minimum atomic E-state index is -1.06. The Hall–Kier alpha value is -2.04. The number of imidazole rings is 1. The molecule has 1 N–H and O–H groups in total. The highest BCUT2D eigenvalue weighted by Crippen LogP contribution is 2.38. The standard InChI is InChI=1S/C24H30N2OS/c1-19(2)13-16-28-23-11-9-22(10-12-23)24(27,21-7-5-4-6-8-21)20(3)17-26-15-14-25-18-26/h4-12,14-15,18-20,27H,13,16-17H2,1-3H3. The van der Waals surface area contributed by atoms with Gasteiger partial charge in [-0.05, 0) is 41.4 Å². The molecule has 4 heteroatoms. The lowest BCUT2D eigenvalue weighted by atomic mass is 9.77. The van der Waals surface area contributed by atoms with Gasteiger partial charge >= 0.3 is 0 Å². The van der Waals surface area contributed by atoms with Gasteiger partial charge in [0.2, 0.25) is 0 Å². The molecular formula is C24H30N2OS. The van der Waals surface area contributed by atoms with Crippen molar-refractivity contribution in [3.8, 4) is 0 Å². The minimum absolute atomic E-state index is 0.0245. The third-order valence-corrected chi connectivity index (χ3v) is 6.27. The van der Waals surface area contributed by atoms with Gasteiger partial charge < -0.3 is 9.67 Å². The number of thioether (sulfide) groups is 1. The number of aromatic nitrogens is 2. The number of hydrogen-bond donors (Lipinski definition) is 1. The van der Waals surface area contributed by atoms with E-state index in [9.17, 15) is 5.11 Å². The van der Waals surface area contributed by atoms with Gasteiger partial charge in [-0.3, -0.25) is 0 Å². The normalized spacial score (nSPS) is 14.8. The maximum atomic E-state index is 11.9. The minimum Gasteiger partial charge on any atom is -0.380 e. The fourth-order valence-electron chi connectivity index (χ4n) is 3.49. The van der Waals surface area contributed by atoms with E-state index in [-0.39, 0.29) is 5.92 Å². The summed E-state index contributed by atoms with van der Waals surface area (Å²) in [5.41, 5.74) is 0.787. The molecule has 2 aromatic carbocycles. The molecule has 1 aromatic heterocycles. The predicted molar refractivity (Wildman–Crippen MR) is 117 cm³/mol. The highest BCUT2D eigenvalue weighted by Gasteiger charge is 2.37. The largest absolute Gasteiger partial charge is 0.380 e. The van der Waals surface area contributed by atoms with E-state index in [4.69, 9.17) is 0 Å². The molecule has 0 radical (unpaired) electrons. The summed E-state index contributed by atoms with van der Waals surface area (Å²) in [7, 11) is 0. The average molecular weight is 395 g/mol. The van der Waals surface area contributed by atoms with Crippen LogP contribution in [-0.4, -0.2) is 20.4 Å². The van der Waals surface area contributed by atoms with Crippen molar-refractivity contribution in [3.63, 3.8) is 0 Å². The Morgan fingerprint density at radius 1 is 1.00 bits per heavy atom. The quantitative estimate of drug-likeness (QED) is 0.481. The Kier molecular flexibility index (Phi) is 6.97. The van der Waals surface area contributed by atoms with Crippen molar-refractivity contribution < 1.29 is 5.11 Å². The molecule has 0 bridgehead atoms. The van der Waals surface area contributed by atoms with Gasteiger partial charge in [0.1, 0.15) is 5.60 Å². The summed E-state index contributed by atoms with van der Waals surface area (Å²) in [6, 6.07) is 18.4. The van der Waals surface area contributed by atoms with Gasteiger partial charge in [-0.25, -0.2) is 4.98 Å². The lowest BCUT2D eigenvalue weighted by molar-refractivity contribution is 0.0164. The van der Waals surface area contributed by atoms with E-state index >= 15 is 0 Å². The first kappa shape index (κ1) is 20.7. The molecule has 3 aromatic rings. The first-order valence-electron chi connectivity index (χ1n) is 9.97. The molecule has 0 aliphatic rings. The average Bonchev–Trinajstić information content (AvgIpc) is 3.21. The van der Waals surface area contributed by atoms with E-state index in [0.29, 0.717) is 6.54 Å². The van der Waals surface area contributed by atoms with E-state index in [2.05, 4.69) is 50.0 Å². The van der Waals surface area contributed by atoms with Gasteiger partial charge in [0.05, 0.1) is 6.33 Å². The van der Waals surface area contributed by atoms with E-state index in [0.717, 1.165) is 22.8 Å². The molecule has 28 heavy (non-hydrogen) atoms. The Balaban J connectivity index is 1.86. The van der Waals surface area contributed by atoms with Crippen LogP contribution in [0.3, 0.4) is 0 Å². The van der Waals surface area contributed by atoms with Crippen molar-refractivity contribution in [2.45, 2.75) is 44.2 Å². The van der Waals surface area contributed by atoms with Crippen LogP contribution in [0, 0.1) is 11.8 Å². The summed E-state index contributed by atoms with van der Waals surface area (Å²) in [5.74, 6) is 1.82. The highest BCUT2D eigenvalue weighted by atomic mass is 32.2. The van der Waals surface area contributed by atoms with Crippen LogP contribution in [0.2, 0.25) is 0 Å². The Morgan fingerprint density at radius 3 is 2.29 bits per heavy atom. The van der Waals surface area contributed by atoms with E-state index in [1.54, 1.807) is 12.5 Å². The second kappa shape index (κ2) is 9.44. The number of hydrogen-bond acceptors (Lipinski definition) is 3. The van der Waals surface area contributed by atoms with Crippen LogP contribution >= 0.6 is 11.8 Å². The maximum absolute atomic E-state index is 11.9. The van der Waals surface area contributed by atoms with E-state index in [1.807, 2.05) is 52.9 Å². The van der Waals surface area contributed by atoms with Gasteiger partial charge in [-0.1, -0.05) is 63.2 Å². The van der Waals surface area contributed by atoms with E-state index in [1.165, 1.54) is 11.3 Å². The van der Waals surface area contributed by atoms with Gasteiger partial charge in [-0.2, -0.15) is 0 Å². The fourth-order valence-corrected chi connectivity index (χ4v) is 4.64. The van der Waals surface area contributed by atoms with Crippen LogP contribution in [0.15, 0.2) is 78.2 Å². The number of benzene rings is 2. The SMILES string of the molecule is CC(C)CCSc1ccc(C(O)(c2ccccc2)C(C)Cn2ccnc2)cc1. The van der Waals surface area contributed by atoms with Crippen LogP contribution in [0.5, 0.6) is 0 Å². The van der Waals surface area contributed by atoms with Crippen LogP contribution < -0.4 is 0 Å². The van der Waals surface area contributed by atoms with Crippen molar-refractivity contribution in [2.24, 2.45) is 11.8 Å². The molecule has 3 rings (SSSR count). The molecule has 2 atom stereocenters. The number of rotatable bonds is 9. The third-order valence-electron chi connectivity index (χ3n) is 5.23. The number of aliphatic hydroxyl groups is 1. The van der Waals surface area contributed by atoms with Gasteiger partial charge in [0.25, 0.3) is 0 Å². The monoisotopic (exact) mass is 394 g/mol. The first-order chi connectivity index (χ1) is 13.5. The molecule has 0 saturated carbocycles. The zero-order valence-electron chi connectivity index (χ0n) is 17.0. The fraction of sp³-hybridized carbons (Fsp3) is 0.375. The van der Waals surface area contributed by atoms with Gasteiger partial charge in [0, 0.05) is 29.8 Å². The zero-order valence-corrected chi connectivity index (χ0v) is 17.8. The molecule has 148 valence electrons.